The fourth-order valence-electron chi connectivity index (χ4n) is 3.28. The van der Waals surface area contributed by atoms with Crippen molar-refractivity contribution in [3.8, 4) is 0 Å². The molecule has 2 N–H and O–H groups in total. The number of anilines is 2. The predicted molar refractivity (Wildman–Crippen MR) is 93.4 cm³/mol. The minimum absolute atomic E-state index is 0.00180. The van der Waals surface area contributed by atoms with E-state index in [0.29, 0.717) is 25.4 Å². The second-order valence-corrected chi connectivity index (χ2v) is 6.42. The molecule has 0 bridgehead atoms. The Kier molecular flexibility index (Phi) is 5.33. The summed E-state index contributed by atoms with van der Waals surface area (Å²) in [5.74, 6) is -1.36. The fraction of sp³-hybridized carbons (Fsp3) is 0.500. The van der Waals surface area contributed by atoms with Crippen molar-refractivity contribution in [2.45, 2.75) is 38.7 Å². The van der Waals surface area contributed by atoms with Crippen molar-refractivity contribution in [2.24, 2.45) is 0 Å². The first kappa shape index (κ1) is 17.4. The highest BCUT2D eigenvalue weighted by Crippen LogP contribution is 2.29. The van der Waals surface area contributed by atoms with Crippen LogP contribution in [0.15, 0.2) is 18.2 Å². The van der Waals surface area contributed by atoms with Gasteiger partial charge in [-0.1, -0.05) is 0 Å². The van der Waals surface area contributed by atoms with Crippen LogP contribution in [0.1, 0.15) is 31.7 Å². The van der Waals surface area contributed by atoms with Crippen LogP contribution in [0.2, 0.25) is 0 Å². The molecule has 134 valence electrons. The molecule has 1 fully saturated rings. The molecule has 0 saturated carbocycles. The van der Waals surface area contributed by atoms with Gasteiger partial charge in [0.15, 0.2) is 0 Å². The van der Waals surface area contributed by atoms with Crippen molar-refractivity contribution in [3.05, 3.63) is 23.8 Å². The van der Waals surface area contributed by atoms with Crippen LogP contribution in [-0.2, 0) is 25.5 Å². The first-order valence-electron chi connectivity index (χ1n) is 8.66. The molecule has 0 spiro atoms. The average Bonchev–Trinajstić information content (AvgIpc) is 3.12. The summed E-state index contributed by atoms with van der Waals surface area (Å²) in [4.78, 5) is 37.4. The van der Waals surface area contributed by atoms with E-state index in [2.05, 4.69) is 10.6 Å². The van der Waals surface area contributed by atoms with Crippen molar-refractivity contribution in [3.63, 3.8) is 0 Å². The fourth-order valence-corrected chi connectivity index (χ4v) is 3.28. The number of fused-ring (bicyclic) bond motifs is 1. The molecule has 3 amide bonds. The lowest BCUT2D eigenvalue weighted by Gasteiger charge is -2.28. The van der Waals surface area contributed by atoms with E-state index < -0.39 is 11.8 Å². The largest absolute Gasteiger partial charge is 0.376 e. The Balaban J connectivity index is 1.59. The number of rotatable bonds is 3. The van der Waals surface area contributed by atoms with Crippen LogP contribution in [0, 0.1) is 0 Å². The van der Waals surface area contributed by atoms with Gasteiger partial charge in [0.1, 0.15) is 0 Å². The van der Waals surface area contributed by atoms with E-state index in [-0.39, 0.29) is 12.0 Å². The Morgan fingerprint density at radius 2 is 2.08 bits per heavy atom. The number of hydrogen-bond donors (Lipinski definition) is 2. The van der Waals surface area contributed by atoms with Gasteiger partial charge in [-0.15, -0.1) is 0 Å². The number of amides is 3. The zero-order valence-electron chi connectivity index (χ0n) is 14.3. The summed E-state index contributed by atoms with van der Waals surface area (Å²) >= 11 is 0. The Bertz CT molecular complexity index is 683. The van der Waals surface area contributed by atoms with E-state index >= 15 is 0 Å². The molecule has 7 heteroatoms. The van der Waals surface area contributed by atoms with Crippen LogP contribution < -0.4 is 15.5 Å². The van der Waals surface area contributed by atoms with Gasteiger partial charge in [-0.05, 0) is 49.4 Å². The molecule has 0 aliphatic carbocycles. The molecule has 0 aromatic heterocycles. The number of nitrogens with zero attached hydrogens (tertiary/aromatic N) is 1. The quantitative estimate of drug-likeness (QED) is 0.807. The third kappa shape index (κ3) is 4.17. The Morgan fingerprint density at radius 1 is 1.24 bits per heavy atom. The SMILES string of the molecule is CC(=O)N1CCCc2cc(NC(=O)C(=O)NC[C@H]3CCCO3)ccc21. The van der Waals surface area contributed by atoms with Crippen LogP contribution in [-0.4, -0.2) is 43.5 Å². The second-order valence-electron chi connectivity index (χ2n) is 6.42. The van der Waals surface area contributed by atoms with Gasteiger partial charge >= 0.3 is 11.8 Å². The average molecular weight is 345 g/mol. The van der Waals surface area contributed by atoms with Crippen LogP contribution in [0.4, 0.5) is 11.4 Å². The van der Waals surface area contributed by atoms with Gasteiger partial charge in [-0.25, -0.2) is 0 Å². The van der Waals surface area contributed by atoms with E-state index in [4.69, 9.17) is 4.74 Å². The molecule has 25 heavy (non-hydrogen) atoms. The van der Waals surface area contributed by atoms with Gasteiger partial charge in [0.2, 0.25) is 5.91 Å². The molecule has 1 saturated heterocycles. The highest BCUT2D eigenvalue weighted by Gasteiger charge is 2.22. The van der Waals surface area contributed by atoms with E-state index in [1.165, 1.54) is 0 Å². The topological polar surface area (TPSA) is 87.7 Å². The maximum Gasteiger partial charge on any atom is 0.313 e. The predicted octanol–water partition coefficient (Wildman–Crippen LogP) is 1.22. The molecule has 2 aliphatic heterocycles. The molecule has 1 atom stereocenters. The zero-order chi connectivity index (χ0) is 17.8. The van der Waals surface area contributed by atoms with Crippen molar-refractivity contribution in [2.75, 3.05) is 29.9 Å². The smallest absolute Gasteiger partial charge is 0.313 e. The van der Waals surface area contributed by atoms with Gasteiger partial charge in [-0.3, -0.25) is 14.4 Å². The molecule has 1 aromatic rings. The maximum absolute atomic E-state index is 12.0. The van der Waals surface area contributed by atoms with E-state index in [0.717, 1.165) is 36.9 Å². The highest BCUT2D eigenvalue weighted by molar-refractivity contribution is 6.39. The van der Waals surface area contributed by atoms with E-state index in [1.54, 1.807) is 17.9 Å². The van der Waals surface area contributed by atoms with Crippen molar-refractivity contribution >= 4 is 29.1 Å². The summed E-state index contributed by atoms with van der Waals surface area (Å²) in [6.07, 6.45) is 3.61. The lowest BCUT2D eigenvalue weighted by atomic mass is 10.0. The summed E-state index contributed by atoms with van der Waals surface area (Å²) in [7, 11) is 0. The van der Waals surface area contributed by atoms with E-state index in [9.17, 15) is 14.4 Å². The van der Waals surface area contributed by atoms with Gasteiger partial charge in [0.05, 0.1) is 6.10 Å². The first-order chi connectivity index (χ1) is 12.0. The molecular formula is C18H23N3O4. The van der Waals surface area contributed by atoms with Crippen LogP contribution in [0.5, 0.6) is 0 Å². The molecule has 2 aliphatic rings. The lowest BCUT2D eigenvalue weighted by Crippen LogP contribution is -2.39. The summed E-state index contributed by atoms with van der Waals surface area (Å²) in [6, 6.07) is 5.36. The number of aryl methyl sites for hydroxylation is 1. The second kappa shape index (κ2) is 7.65. The number of carbonyl (C=O) groups excluding carboxylic acids is 3. The van der Waals surface area contributed by atoms with Crippen molar-refractivity contribution in [1.82, 2.24) is 5.32 Å². The van der Waals surface area contributed by atoms with Crippen LogP contribution in [0.3, 0.4) is 0 Å². The summed E-state index contributed by atoms with van der Waals surface area (Å²) < 4.78 is 5.41. The lowest BCUT2D eigenvalue weighted by molar-refractivity contribution is -0.136. The van der Waals surface area contributed by atoms with Gasteiger partial charge in [-0.2, -0.15) is 0 Å². The minimum Gasteiger partial charge on any atom is -0.376 e. The molecule has 0 radical (unpaired) electrons. The summed E-state index contributed by atoms with van der Waals surface area (Å²) in [5.41, 5.74) is 2.43. The summed E-state index contributed by atoms with van der Waals surface area (Å²) in [6.45, 7) is 3.31. The van der Waals surface area contributed by atoms with Gasteiger partial charge in [0, 0.05) is 38.0 Å². The monoisotopic (exact) mass is 345 g/mol. The molecule has 1 aromatic carbocycles. The number of benzene rings is 1. The van der Waals surface area contributed by atoms with Crippen molar-refractivity contribution in [1.29, 1.82) is 0 Å². The minimum atomic E-state index is -0.697. The molecular weight excluding hydrogens is 322 g/mol. The number of ether oxygens (including phenoxy) is 1. The molecule has 2 heterocycles. The van der Waals surface area contributed by atoms with Crippen LogP contribution in [0.25, 0.3) is 0 Å². The molecule has 0 unspecified atom stereocenters. The Morgan fingerprint density at radius 3 is 2.80 bits per heavy atom. The summed E-state index contributed by atoms with van der Waals surface area (Å²) in [5, 5.41) is 5.22. The van der Waals surface area contributed by atoms with Gasteiger partial charge in [0.25, 0.3) is 0 Å². The highest BCUT2D eigenvalue weighted by atomic mass is 16.5. The molecule has 3 rings (SSSR count). The third-order valence-electron chi connectivity index (χ3n) is 4.56. The number of carbonyl (C=O) groups is 3. The Hall–Kier alpha value is -2.41. The van der Waals surface area contributed by atoms with Gasteiger partial charge < -0.3 is 20.3 Å². The zero-order valence-corrected chi connectivity index (χ0v) is 14.3. The first-order valence-corrected chi connectivity index (χ1v) is 8.66. The van der Waals surface area contributed by atoms with Crippen molar-refractivity contribution < 1.29 is 19.1 Å². The van der Waals surface area contributed by atoms with E-state index in [1.807, 2.05) is 12.1 Å². The maximum atomic E-state index is 12.0. The number of nitrogens with one attached hydrogen (secondary N) is 2. The standard InChI is InChI=1S/C18H23N3O4/c1-12(22)21-8-2-4-13-10-14(6-7-16(13)21)20-18(24)17(23)19-11-15-5-3-9-25-15/h6-7,10,15H,2-5,8-9,11H2,1H3,(H,19,23)(H,20,24)/t15-/m1/s1. The van der Waals surface area contributed by atoms with Crippen LogP contribution >= 0.6 is 0 Å². The Labute approximate surface area is 146 Å². The number of hydrogen-bond acceptors (Lipinski definition) is 4. The normalized spacial score (nSPS) is 19.2. The molecule has 7 nitrogen and oxygen atoms in total. The third-order valence-corrected chi connectivity index (χ3v) is 4.56.